The maximum atomic E-state index is 10.2. The summed E-state index contributed by atoms with van der Waals surface area (Å²) in [7, 11) is 0. The Morgan fingerprint density at radius 1 is 1.40 bits per heavy atom. The van der Waals surface area contributed by atoms with Crippen LogP contribution in [0.1, 0.15) is 0 Å². The van der Waals surface area contributed by atoms with Crippen LogP contribution in [0.15, 0.2) is 24.3 Å². The molecule has 1 aromatic rings. The summed E-state index contributed by atoms with van der Waals surface area (Å²) in [5.41, 5.74) is 4.02. The average Bonchev–Trinajstić information content (AvgIpc) is 1.88. The number of hydrogen-bond acceptors (Lipinski definition) is 2. The summed E-state index contributed by atoms with van der Waals surface area (Å²) in [4.78, 5) is 9.75. The van der Waals surface area contributed by atoms with Gasteiger partial charge in [-0.3, -0.25) is 10.1 Å². The highest BCUT2D eigenvalue weighted by Gasteiger charge is 2.10. The van der Waals surface area contributed by atoms with Crippen molar-refractivity contribution in [2.24, 2.45) is 0 Å². The van der Waals surface area contributed by atoms with E-state index in [1.54, 1.807) is 18.2 Å². The first kappa shape index (κ1) is 6.70. The topological polar surface area (TPSA) is 70.8 Å². The molecule has 0 unspecified atom stereocenters. The normalized spacial score (nSPS) is 9.30. The van der Waals surface area contributed by atoms with Gasteiger partial charge in [0.15, 0.2) is 0 Å². The van der Waals surface area contributed by atoms with E-state index in [-0.39, 0.29) is 5.69 Å². The van der Waals surface area contributed by atoms with E-state index < -0.39 is 4.92 Å². The fourth-order valence-corrected chi connectivity index (χ4v) is 0.689. The van der Waals surface area contributed by atoms with Crippen molar-refractivity contribution in [3.05, 3.63) is 34.4 Å². The molecule has 10 heavy (non-hydrogen) atoms. The van der Waals surface area contributed by atoms with Crippen LogP contribution in [0, 0.1) is 10.1 Å². The van der Waals surface area contributed by atoms with E-state index in [1.807, 2.05) is 0 Å². The fraction of sp³-hybridized carbons (Fsp3) is 0. The maximum Gasteiger partial charge on any atom is 0.329 e. The number of nitrogens with zero attached hydrogens (tertiary/aromatic N) is 1. The molecule has 52 valence electrons. The first-order valence-corrected chi connectivity index (χ1v) is 2.77. The Hall–Kier alpha value is -1.42. The zero-order chi connectivity index (χ0) is 7.56. The van der Waals surface area contributed by atoms with E-state index in [9.17, 15) is 10.1 Å². The summed E-state index contributed by atoms with van der Waals surface area (Å²) in [5, 5.41) is 10.2. The van der Waals surface area contributed by atoms with E-state index >= 15 is 0 Å². The Kier molecular flexibility index (Phi) is 1.64. The van der Waals surface area contributed by atoms with Gasteiger partial charge in [-0.25, -0.2) is 0 Å². The molecule has 0 amide bonds. The van der Waals surface area contributed by atoms with Crippen molar-refractivity contribution in [1.29, 1.82) is 0 Å². The monoisotopic (exact) mass is 139 g/mol. The Morgan fingerprint density at radius 3 is 2.40 bits per heavy atom. The van der Waals surface area contributed by atoms with Crippen LogP contribution in [0.25, 0.3) is 0 Å². The van der Waals surface area contributed by atoms with Gasteiger partial charge in [0.05, 0.1) is 4.92 Å². The lowest BCUT2D eigenvalue weighted by Gasteiger charge is -1.89. The molecule has 0 aliphatic carbocycles. The molecule has 0 radical (unpaired) electrons. The third-order valence-corrected chi connectivity index (χ3v) is 1.19. The molecule has 0 bridgehead atoms. The average molecular weight is 139 g/mol. The third kappa shape index (κ3) is 1.11. The van der Waals surface area contributed by atoms with E-state index in [2.05, 4.69) is 5.73 Å². The van der Waals surface area contributed by atoms with Crippen LogP contribution in [-0.4, -0.2) is 4.92 Å². The molecule has 0 spiro atoms. The number of hydrogen-bond donors (Lipinski definition) is 1. The molecule has 0 fully saturated rings. The van der Waals surface area contributed by atoms with E-state index in [0.717, 1.165) is 0 Å². The van der Waals surface area contributed by atoms with Gasteiger partial charge in [0.25, 0.3) is 0 Å². The number of nitro benzene ring substituents is 1. The van der Waals surface area contributed by atoms with Crippen molar-refractivity contribution < 1.29 is 10.7 Å². The van der Waals surface area contributed by atoms with E-state index in [4.69, 9.17) is 0 Å². The van der Waals surface area contributed by atoms with Gasteiger partial charge in [0.2, 0.25) is 5.69 Å². The van der Waals surface area contributed by atoms with Gasteiger partial charge >= 0.3 is 5.69 Å². The van der Waals surface area contributed by atoms with Crippen molar-refractivity contribution in [2.45, 2.75) is 0 Å². The van der Waals surface area contributed by atoms with Crippen molar-refractivity contribution >= 4 is 11.4 Å². The first-order chi connectivity index (χ1) is 4.72. The number of benzene rings is 1. The molecule has 4 heteroatoms. The highest BCUT2D eigenvalue weighted by atomic mass is 16.6. The summed E-state index contributed by atoms with van der Waals surface area (Å²) < 4.78 is 0. The summed E-state index contributed by atoms with van der Waals surface area (Å²) in [5.74, 6) is 0. The molecule has 3 N–H and O–H groups in total. The second kappa shape index (κ2) is 2.45. The Labute approximate surface area is 57.4 Å². The Balaban J connectivity index is 3.15. The molecule has 0 heterocycles. The predicted molar refractivity (Wildman–Crippen MR) is 35.6 cm³/mol. The molecule has 4 nitrogen and oxygen atoms in total. The van der Waals surface area contributed by atoms with Gasteiger partial charge < -0.3 is 5.73 Å². The Bertz CT molecular complexity index is 260. The first-order valence-electron chi connectivity index (χ1n) is 2.77. The van der Waals surface area contributed by atoms with Gasteiger partial charge in [-0.15, -0.1) is 0 Å². The van der Waals surface area contributed by atoms with Crippen LogP contribution in [0.2, 0.25) is 0 Å². The van der Waals surface area contributed by atoms with E-state index in [0.29, 0.717) is 5.69 Å². The molecular formula is C6H7N2O2+. The molecular weight excluding hydrogens is 132 g/mol. The Morgan fingerprint density at radius 2 is 2.00 bits per heavy atom. The van der Waals surface area contributed by atoms with Gasteiger partial charge in [-0.1, -0.05) is 12.1 Å². The van der Waals surface area contributed by atoms with Crippen molar-refractivity contribution in [2.75, 3.05) is 0 Å². The summed E-state index contributed by atoms with van der Waals surface area (Å²) in [6.45, 7) is 0. The van der Waals surface area contributed by atoms with Crippen molar-refractivity contribution in [1.82, 2.24) is 0 Å². The highest BCUT2D eigenvalue weighted by Crippen LogP contribution is 2.16. The molecule has 0 atom stereocenters. The molecule has 1 aromatic carbocycles. The van der Waals surface area contributed by atoms with Crippen LogP contribution in [0.3, 0.4) is 0 Å². The SMILES string of the molecule is [NH3+]c1ccccc1[N+](=O)[O-]. The van der Waals surface area contributed by atoms with Gasteiger partial charge in [0, 0.05) is 12.1 Å². The molecule has 0 saturated carbocycles. The van der Waals surface area contributed by atoms with Crippen molar-refractivity contribution in [3.8, 4) is 0 Å². The van der Waals surface area contributed by atoms with Crippen LogP contribution in [0.5, 0.6) is 0 Å². The second-order valence-electron chi connectivity index (χ2n) is 1.89. The predicted octanol–water partition coefficient (Wildman–Crippen LogP) is 0.468. The standard InChI is InChI=1S/C6H6N2O2/c7-5-3-1-2-4-6(5)8(9)10/h1-4H,7H2/p+1. The lowest BCUT2D eigenvalue weighted by atomic mass is 10.3. The molecule has 0 aromatic heterocycles. The van der Waals surface area contributed by atoms with Gasteiger partial charge in [-0.2, -0.15) is 0 Å². The fourth-order valence-electron chi connectivity index (χ4n) is 0.689. The number of rotatable bonds is 1. The maximum absolute atomic E-state index is 10.2. The summed E-state index contributed by atoms with van der Waals surface area (Å²) in [6, 6.07) is 6.38. The lowest BCUT2D eigenvalue weighted by Crippen LogP contribution is -2.40. The van der Waals surface area contributed by atoms with Crippen LogP contribution in [0.4, 0.5) is 11.4 Å². The van der Waals surface area contributed by atoms with Crippen LogP contribution >= 0.6 is 0 Å². The smallest absolute Gasteiger partial charge is 0.319 e. The quantitative estimate of drug-likeness (QED) is 0.453. The largest absolute Gasteiger partial charge is 0.329 e. The van der Waals surface area contributed by atoms with Gasteiger partial charge in [-0.05, 0) is 0 Å². The molecule has 1 rings (SSSR count). The number of para-hydroxylation sites is 1. The highest BCUT2D eigenvalue weighted by molar-refractivity contribution is 5.50. The van der Waals surface area contributed by atoms with Crippen LogP contribution in [-0.2, 0) is 0 Å². The van der Waals surface area contributed by atoms with Gasteiger partial charge in [0.1, 0.15) is 0 Å². The number of quaternary nitrogens is 1. The zero-order valence-corrected chi connectivity index (χ0v) is 5.28. The third-order valence-electron chi connectivity index (χ3n) is 1.19. The minimum Gasteiger partial charge on any atom is -0.319 e. The minimum atomic E-state index is -0.442. The number of nitro groups is 1. The summed E-state index contributed by atoms with van der Waals surface area (Å²) in [6.07, 6.45) is 0. The zero-order valence-electron chi connectivity index (χ0n) is 5.28. The molecule has 0 aliphatic rings. The van der Waals surface area contributed by atoms with E-state index in [1.165, 1.54) is 6.07 Å². The lowest BCUT2D eigenvalue weighted by molar-refractivity contribution is -0.395. The molecule has 0 saturated heterocycles. The van der Waals surface area contributed by atoms with Crippen LogP contribution < -0.4 is 5.73 Å². The minimum absolute atomic E-state index is 0.0718. The second-order valence-corrected chi connectivity index (χ2v) is 1.89. The van der Waals surface area contributed by atoms with Crippen molar-refractivity contribution in [3.63, 3.8) is 0 Å². The molecule has 0 aliphatic heterocycles. The summed E-state index contributed by atoms with van der Waals surface area (Å²) >= 11 is 0.